The summed E-state index contributed by atoms with van der Waals surface area (Å²) >= 11 is 0. The number of halogens is 1. The molecule has 0 spiro atoms. The van der Waals surface area contributed by atoms with E-state index < -0.39 is 5.82 Å². The number of nitrogens with zero attached hydrogens (tertiary/aromatic N) is 4. The first-order valence-electron chi connectivity index (χ1n) is 7.68. The Kier molecular flexibility index (Phi) is 4.75. The minimum atomic E-state index is -0.535. The molecule has 1 N–H and O–H groups in total. The summed E-state index contributed by atoms with van der Waals surface area (Å²) in [5, 5.41) is 2.72. The van der Waals surface area contributed by atoms with E-state index in [1.54, 1.807) is 12.3 Å². The number of hydrogen-bond donors (Lipinski definition) is 1. The fourth-order valence-electron chi connectivity index (χ4n) is 2.54. The molecule has 0 saturated carbocycles. The zero-order valence-corrected chi connectivity index (χ0v) is 12.7. The first-order valence-corrected chi connectivity index (χ1v) is 7.68. The molecule has 0 aliphatic carbocycles. The molecule has 0 aromatic carbocycles. The van der Waals surface area contributed by atoms with Gasteiger partial charge in [-0.25, -0.2) is 14.4 Å². The van der Waals surface area contributed by atoms with Crippen LogP contribution in [0.4, 0.5) is 10.3 Å². The Labute approximate surface area is 133 Å². The molecule has 2 aromatic heterocycles. The second kappa shape index (κ2) is 7.13. The van der Waals surface area contributed by atoms with Gasteiger partial charge < -0.3 is 10.2 Å². The van der Waals surface area contributed by atoms with Crippen molar-refractivity contribution in [3.05, 3.63) is 47.8 Å². The van der Waals surface area contributed by atoms with Crippen LogP contribution in [0.15, 0.2) is 30.7 Å². The van der Waals surface area contributed by atoms with Crippen LogP contribution in [-0.2, 0) is 6.54 Å². The first-order chi connectivity index (χ1) is 11.2. The van der Waals surface area contributed by atoms with Crippen molar-refractivity contribution in [1.29, 1.82) is 0 Å². The fourth-order valence-corrected chi connectivity index (χ4v) is 2.54. The Hall–Kier alpha value is -2.57. The molecular weight excluding hydrogens is 297 g/mol. The van der Waals surface area contributed by atoms with Crippen LogP contribution in [-0.4, -0.2) is 33.9 Å². The number of pyridine rings is 1. The van der Waals surface area contributed by atoms with E-state index in [4.69, 9.17) is 0 Å². The van der Waals surface area contributed by atoms with E-state index in [1.807, 2.05) is 0 Å². The molecule has 7 heteroatoms. The summed E-state index contributed by atoms with van der Waals surface area (Å²) in [5.74, 6) is -0.217. The highest BCUT2D eigenvalue weighted by molar-refractivity contribution is 5.93. The third-order valence-corrected chi connectivity index (χ3v) is 3.74. The fraction of sp³-hybridized carbons (Fsp3) is 0.375. The summed E-state index contributed by atoms with van der Waals surface area (Å²) in [7, 11) is 0. The van der Waals surface area contributed by atoms with Crippen molar-refractivity contribution in [1.82, 2.24) is 20.3 Å². The molecule has 2 aromatic rings. The molecule has 0 atom stereocenters. The van der Waals surface area contributed by atoms with Crippen molar-refractivity contribution < 1.29 is 9.18 Å². The van der Waals surface area contributed by atoms with E-state index in [-0.39, 0.29) is 18.0 Å². The van der Waals surface area contributed by atoms with Gasteiger partial charge in [0.05, 0.1) is 24.0 Å². The van der Waals surface area contributed by atoms with Gasteiger partial charge in [0, 0.05) is 25.5 Å². The molecule has 6 nitrogen and oxygen atoms in total. The van der Waals surface area contributed by atoms with Crippen LogP contribution in [0.1, 0.15) is 35.3 Å². The number of rotatable bonds is 4. The van der Waals surface area contributed by atoms with Crippen molar-refractivity contribution in [3.63, 3.8) is 0 Å². The molecule has 1 aliphatic rings. The molecule has 120 valence electrons. The highest BCUT2D eigenvalue weighted by Gasteiger charge is 2.14. The van der Waals surface area contributed by atoms with E-state index in [1.165, 1.54) is 12.6 Å². The van der Waals surface area contributed by atoms with Crippen LogP contribution in [0, 0.1) is 5.82 Å². The number of carbonyl (C=O) groups is 1. The molecule has 1 saturated heterocycles. The van der Waals surface area contributed by atoms with Gasteiger partial charge in [-0.2, -0.15) is 0 Å². The molecule has 3 heterocycles. The largest absolute Gasteiger partial charge is 0.346 e. The van der Waals surface area contributed by atoms with Crippen molar-refractivity contribution in [2.24, 2.45) is 0 Å². The van der Waals surface area contributed by atoms with Gasteiger partial charge in [-0.1, -0.05) is 0 Å². The van der Waals surface area contributed by atoms with E-state index in [0.717, 1.165) is 43.9 Å². The van der Waals surface area contributed by atoms with E-state index in [0.29, 0.717) is 5.95 Å². The minimum absolute atomic E-state index is 0.190. The highest BCUT2D eigenvalue weighted by Crippen LogP contribution is 2.15. The van der Waals surface area contributed by atoms with Crippen LogP contribution in [0.25, 0.3) is 0 Å². The standard InChI is InChI=1S/C16H18FN5O/c17-13-8-12(9-18-10-13)15(23)20-11-14-4-5-19-16(21-14)22-6-2-1-3-7-22/h4-5,8-10H,1-3,6-7,11H2,(H,20,23). The van der Waals surface area contributed by atoms with Crippen molar-refractivity contribution >= 4 is 11.9 Å². The van der Waals surface area contributed by atoms with E-state index in [2.05, 4.69) is 25.2 Å². The lowest BCUT2D eigenvalue weighted by atomic mass is 10.1. The lowest BCUT2D eigenvalue weighted by molar-refractivity contribution is 0.0949. The average molecular weight is 315 g/mol. The zero-order chi connectivity index (χ0) is 16.1. The number of carbonyl (C=O) groups excluding carboxylic acids is 1. The van der Waals surface area contributed by atoms with E-state index in [9.17, 15) is 9.18 Å². The molecule has 3 rings (SSSR count). The molecule has 0 bridgehead atoms. The average Bonchev–Trinajstić information content (AvgIpc) is 2.61. The summed E-state index contributed by atoms with van der Waals surface area (Å²) in [6.07, 6.45) is 7.63. The number of nitrogens with one attached hydrogen (secondary N) is 1. The smallest absolute Gasteiger partial charge is 0.253 e. The van der Waals surface area contributed by atoms with Gasteiger partial charge in [-0.3, -0.25) is 9.78 Å². The monoisotopic (exact) mass is 315 g/mol. The highest BCUT2D eigenvalue weighted by atomic mass is 19.1. The van der Waals surface area contributed by atoms with Crippen molar-refractivity contribution in [2.75, 3.05) is 18.0 Å². The minimum Gasteiger partial charge on any atom is -0.346 e. The molecule has 0 radical (unpaired) electrons. The SMILES string of the molecule is O=C(NCc1ccnc(N2CCCCC2)n1)c1cncc(F)c1. The van der Waals surface area contributed by atoms with Crippen LogP contribution in [0.5, 0.6) is 0 Å². The number of amides is 1. The predicted octanol–water partition coefficient (Wildman–Crippen LogP) is 1.93. The third kappa shape index (κ3) is 4.00. The third-order valence-electron chi connectivity index (χ3n) is 3.74. The van der Waals surface area contributed by atoms with Gasteiger partial charge in [-0.05, 0) is 31.4 Å². The molecule has 23 heavy (non-hydrogen) atoms. The van der Waals surface area contributed by atoms with Gasteiger partial charge in [0.25, 0.3) is 5.91 Å². The normalized spacial score (nSPS) is 14.6. The number of piperidine rings is 1. The molecule has 0 unspecified atom stereocenters. The van der Waals surface area contributed by atoms with Gasteiger partial charge in [0.15, 0.2) is 0 Å². The summed E-state index contributed by atoms with van der Waals surface area (Å²) in [4.78, 5) is 26.6. The number of hydrogen-bond acceptors (Lipinski definition) is 5. The first kappa shape index (κ1) is 15.3. The lowest BCUT2D eigenvalue weighted by Crippen LogP contribution is -2.31. The molecule has 1 fully saturated rings. The predicted molar refractivity (Wildman–Crippen MR) is 83.5 cm³/mol. The van der Waals surface area contributed by atoms with Crippen molar-refractivity contribution in [2.45, 2.75) is 25.8 Å². The quantitative estimate of drug-likeness (QED) is 0.933. The lowest BCUT2D eigenvalue weighted by Gasteiger charge is -2.26. The Morgan fingerprint density at radius 2 is 2.09 bits per heavy atom. The van der Waals surface area contributed by atoms with Crippen LogP contribution in [0.3, 0.4) is 0 Å². The van der Waals surface area contributed by atoms with Gasteiger partial charge in [0.2, 0.25) is 5.95 Å². The van der Waals surface area contributed by atoms with Gasteiger partial charge in [-0.15, -0.1) is 0 Å². The van der Waals surface area contributed by atoms with Gasteiger partial charge >= 0.3 is 0 Å². The maximum Gasteiger partial charge on any atom is 0.253 e. The number of anilines is 1. The van der Waals surface area contributed by atoms with Crippen LogP contribution < -0.4 is 10.2 Å². The van der Waals surface area contributed by atoms with E-state index >= 15 is 0 Å². The molecular formula is C16H18FN5O. The summed E-state index contributed by atoms with van der Waals surface area (Å²) in [6.45, 7) is 2.19. The topological polar surface area (TPSA) is 71.0 Å². The van der Waals surface area contributed by atoms with Crippen LogP contribution in [0.2, 0.25) is 0 Å². The maximum atomic E-state index is 13.1. The van der Waals surface area contributed by atoms with Crippen LogP contribution >= 0.6 is 0 Å². The maximum absolute atomic E-state index is 13.1. The Balaban J connectivity index is 1.63. The van der Waals surface area contributed by atoms with Gasteiger partial charge in [0.1, 0.15) is 5.82 Å². The van der Waals surface area contributed by atoms with Crippen molar-refractivity contribution in [3.8, 4) is 0 Å². The zero-order valence-electron chi connectivity index (χ0n) is 12.7. The summed E-state index contributed by atoms with van der Waals surface area (Å²) in [6, 6.07) is 2.92. The Morgan fingerprint density at radius 3 is 2.87 bits per heavy atom. The molecule has 1 aliphatic heterocycles. The Morgan fingerprint density at radius 1 is 1.26 bits per heavy atom. The summed E-state index contributed by atoms with van der Waals surface area (Å²) < 4.78 is 13.1. The molecule has 1 amide bonds. The second-order valence-corrected chi connectivity index (χ2v) is 5.47. The second-order valence-electron chi connectivity index (χ2n) is 5.47. The number of aromatic nitrogens is 3. The Bertz CT molecular complexity index is 688. The summed E-state index contributed by atoms with van der Waals surface area (Å²) in [5.41, 5.74) is 0.911.